The molecule has 8 heteroatoms. The summed E-state index contributed by atoms with van der Waals surface area (Å²) in [5, 5.41) is 10.5. The molecule has 0 amide bonds. The van der Waals surface area contributed by atoms with E-state index in [1.54, 1.807) is 25.1 Å². The molecule has 0 bridgehead atoms. The molecule has 1 fully saturated rings. The van der Waals surface area contributed by atoms with Gasteiger partial charge in [0.25, 0.3) is 5.56 Å². The Morgan fingerprint density at radius 2 is 1.97 bits per heavy atom. The quantitative estimate of drug-likeness (QED) is 0.433. The van der Waals surface area contributed by atoms with E-state index in [1.807, 2.05) is 59.4 Å². The van der Waals surface area contributed by atoms with Crippen LogP contribution in [-0.2, 0) is 11.3 Å². The Balaban J connectivity index is 1.34. The van der Waals surface area contributed by atoms with E-state index >= 15 is 0 Å². The third-order valence-electron chi connectivity index (χ3n) is 5.55. The Labute approximate surface area is 190 Å². The lowest BCUT2D eigenvalue weighted by molar-refractivity contribution is -0.0397. The van der Waals surface area contributed by atoms with Crippen molar-refractivity contribution in [1.82, 2.24) is 19.6 Å². The maximum atomic E-state index is 13.0. The number of methoxy groups -OCH3 is 1. The lowest BCUT2D eigenvalue weighted by Gasteiger charge is -2.22. The van der Waals surface area contributed by atoms with Crippen molar-refractivity contribution in [3.63, 3.8) is 0 Å². The number of fused-ring (bicyclic) bond motifs is 1. The van der Waals surface area contributed by atoms with Gasteiger partial charge in [0.1, 0.15) is 12.0 Å². The summed E-state index contributed by atoms with van der Waals surface area (Å²) in [5.74, 6) is 0.828. The first-order chi connectivity index (χ1) is 15.7. The maximum Gasteiger partial charge on any atom is 0.274 e. The Kier molecular flexibility index (Phi) is 5.96. The fourth-order valence-electron chi connectivity index (χ4n) is 3.83. The van der Waals surface area contributed by atoms with Gasteiger partial charge in [0.2, 0.25) is 0 Å². The molecular weight excluding hydrogens is 424 g/mol. The Morgan fingerprint density at radius 3 is 2.75 bits per heavy atom. The van der Waals surface area contributed by atoms with E-state index in [4.69, 9.17) is 9.47 Å². The lowest BCUT2D eigenvalue weighted by Crippen LogP contribution is -2.24. The number of hydrogen-bond donors (Lipinski definition) is 0. The Hall–Kier alpha value is -3.10. The number of nitrogens with zero attached hydrogens (tertiary/aromatic N) is 4. The van der Waals surface area contributed by atoms with Gasteiger partial charge < -0.3 is 9.47 Å². The molecule has 0 radical (unpaired) electrons. The molecule has 1 atom stereocenters. The summed E-state index contributed by atoms with van der Waals surface area (Å²) in [4.78, 5) is 15.2. The largest absolute Gasteiger partial charge is 0.497 e. The van der Waals surface area contributed by atoms with E-state index in [-0.39, 0.29) is 11.8 Å². The highest BCUT2D eigenvalue weighted by atomic mass is 32.2. The molecule has 5 rings (SSSR count). The number of benzene rings is 2. The summed E-state index contributed by atoms with van der Waals surface area (Å²) < 4.78 is 14.3. The number of hydrogen-bond acceptors (Lipinski definition) is 6. The number of aromatic nitrogens is 4. The zero-order chi connectivity index (χ0) is 21.9. The third kappa shape index (κ3) is 4.42. The Morgan fingerprint density at radius 1 is 1.12 bits per heavy atom. The molecule has 3 heterocycles. The molecule has 4 aromatic rings. The summed E-state index contributed by atoms with van der Waals surface area (Å²) in [6.07, 6.45) is 6.86. The second-order valence-corrected chi connectivity index (χ2v) is 8.89. The van der Waals surface area contributed by atoms with Gasteiger partial charge >= 0.3 is 0 Å². The van der Waals surface area contributed by atoms with Gasteiger partial charge in [0.05, 0.1) is 30.9 Å². The van der Waals surface area contributed by atoms with Crippen LogP contribution in [0.15, 0.2) is 75.5 Å². The molecule has 0 spiro atoms. The van der Waals surface area contributed by atoms with Crippen LogP contribution in [0, 0.1) is 0 Å². The van der Waals surface area contributed by atoms with Crippen LogP contribution in [0.5, 0.6) is 5.75 Å². The predicted molar refractivity (Wildman–Crippen MR) is 123 cm³/mol. The molecule has 0 N–H and O–H groups in total. The van der Waals surface area contributed by atoms with Gasteiger partial charge in [0, 0.05) is 28.0 Å². The minimum Gasteiger partial charge on any atom is -0.497 e. The van der Waals surface area contributed by atoms with Gasteiger partial charge in [-0.3, -0.25) is 4.79 Å². The standard InChI is InChI=1S/C24H24N4O3S/c1-30-19-5-7-20(8-6-19)32-21-9-10-22-17(14-21)15-25-28(24(22)29)16-18-11-12-27(26-18)23-4-2-3-13-31-23/h5-12,14-15,23H,2-4,13,16H2,1H3. The highest BCUT2D eigenvalue weighted by molar-refractivity contribution is 7.99. The van der Waals surface area contributed by atoms with Crippen molar-refractivity contribution in [2.75, 3.05) is 13.7 Å². The van der Waals surface area contributed by atoms with E-state index in [2.05, 4.69) is 10.2 Å². The van der Waals surface area contributed by atoms with E-state index in [0.29, 0.717) is 11.9 Å². The van der Waals surface area contributed by atoms with Crippen LogP contribution in [0.1, 0.15) is 31.2 Å². The van der Waals surface area contributed by atoms with Crippen LogP contribution in [-0.4, -0.2) is 33.3 Å². The highest BCUT2D eigenvalue weighted by Crippen LogP contribution is 2.30. The van der Waals surface area contributed by atoms with Gasteiger partial charge in [-0.25, -0.2) is 9.36 Å². The van der Waals surface area contributed by atoms with Gasteiger partial charge in [0.15, 0.2) is 0 Å². The molecule has 1 aliphatic rings. The van der Waals surface area contributed by atoms with Gasteiger partial charge in [-0.05, 0) is 67.8 Å². The smallest absolute Gasteiger partial charge is 0.274 e. The summed E-state index contributed by atoms with van der Waals surface area (Å²) in [5.41, 5.74) is 0.673. The van der Waals surface area contributed by atoms with Gasteiger partial charge in [-0.2, -0.15) is 10.2 Å². The fraction of sp³-hybridized carbons (Fsp3) is 0.292. The minimum absolute atomic E-state index is 0.0135. The average molecular weight is 449 g/mol. The average Bonchev–Trinajstić information content (AvgIpc) is 3.31. The maximum absolute atomic E-state index is 13.0. The molecule has 1 saturated heterocycles. The van der Waals surface area contributed by atoms with Crippen molar-refractivity contribution >= 4 is 22.5 Å². The minimum atomic E-state index is -0.119. The van der Waals surface area contributed by atoms with E-state index in [9.17, 15) is 4.79 Å². The first kappa shape index (κ1) is 20.8. The molecule has 0 saturated carbocycles. The summed E-state index contributed by atoms with van der Waals surface area (Å²) in [6, 6.07) is 15.7. The molecule has 1 aliphatic heterocycles. The predicted octanol–water partition coefficient (Wildman–Crippen LogP) is 4.50. The molecular formula is C24H24N4O3S. The van der Waals surface area contributed by atoms with Crippen LogP contribution in [0.4, 0.5) is 0 Å². The first-order valence-electron chi connectivity index (χ1n) is 10.7. The fourth-order valence-corrected chi connectivity index (χ4v) is 4.70. The van der Waals surface area contributed by atoms with E-state index in [1.165, 1.54) is 4.68 Å². The topological polar surface area (TPSA) is 71.2 Å². The van der Waals surface area contributed by atoms with E-state index in [0.717, 1.165) is 52.5 Å². The van der Waals surface area contributed by atoms with E-state index < -0.39 is 0 Å². The summed E-state index contributed by atoms with van der Waals surface area (Å²) in [6.45, 7) is 1.10. The molecule has 164 valence electrons. The SMILES string of the molecule is COc1ccc(Sc2ccc3c(=O)n(Cc4ccn(C5CCCCO5)n4)ncc3c2)cc1. The van der Waals surface area contributed by atoms with Crippen LogP contribution in [0.3, 0.4) is 0 Å². The van der Waals surface area contributed by atoms with Crippen molar-refractivity contribution in [3.8, 4) is 5.75 Å². The van der Waals surface area contributed by atoms with Gasteiger partial charge in [-0.15, -0.1) is 0 Å². The normalized spacial score (nSPS) is 16.3. The zero-order valence-corrected chi connectivity index (χ0v) is 18.6. The highest BCUT2D eigenvalue weighted by Gasteiger charge is 2.17. The molecule has 0 aliphatic carbocycles. The van der Waals surface area contributed by atoms with Crippen LogP contribution in [0.25, 0.3) is 10.8 Å². The van der Waals surface area contributed by atoms with Crippen LogP contribution >= 0.6 is 11.8 Å². The number of rotatable bonds is 6. The molecule has 1 unspecified atom stereocenters. The lowest BCUT2D eigenvalue weighted by atomic mass is 10.2. The molecule has 32 heavy (non-hydrogen) atoms. The Bertz CT molecular complexity index is 1280. The van der Waals surface area contributed by atoms with Crippen molar-refractivity contribution in [2.24, 2.45) is 0 Å². The van der Waals surface area contributed by atoms with Crippen LogP contribution < -0.4 is 10.3 Å². The van der Waals surface area contributed by atoms with Gasteiger partial charge in [-0.1, -0.05) is 11.8 Å². The summed E-state index contributed by atoms with van der Waals surface area (Å²) >= 11 is 1.63. The first-order valence-corrected chi connectivity index (χ1v) is 11.5. The molecule has 7 nitrogen and oxygen atoms in total. The number of ether oxygens (including phenoxy) is 2. The zero-order valence-electron chi connectivity index (χ0n) is 17.8. The van der Waals surface area contributed by atoms with Crippen LogP contribution in [0.2, 0.25) is 0 Å². The molecule has 2 aromatic heterocycles. The second-order valence-electron chi connectivity index (χ2n) is 7.74. The molecule has 2 aromatic carbocycles. The third-order valence-corrected chi connectivity index (χ3v) is 6.54. The van der Waals surface area contributed by atoms with Crippen molar-refractivity contribution in [2.45, 2.75) is 41.8 Å². The second kappa shape index (κ2) is 9.18. The van der Waals surface area contributed by atoms with Crippen molar-refractivity contribution < 1.29 is 9.47 Å². The summed E-state index contributed by atoms with van der Waals surface area (Å²) in [7, 11) is 1.65. The monoisotopic (exact) mass is 448 g/mol. The van der Waals surface area contributed by atoms with Crippen molar-refractivity contribution in [1.29, 1.82) is 0 Å². The van der Waals surface area contributed by atoms with Crippen molar-refractivity contribution in [3.05, 3.63) is 77.0 Å².